The van der Waals surface area contributed by atoms with Gasteiger partial charge in [0, 0.05) is 17.8 Å². The van der Waals surface area contributed by atoms with E-state index in [-0.39, 0.29) is 12.5 Å². The number of carbonyl (C=O) groups is 3. The Balaban J connectivity index is 2.15. The van der Waals surface area contributed by atoms with Crippen molar-refractivity contribution in [1.82, 2.24) is 10.6 Å². The van der Waals surface area contributed by atoms with Gasteiger partial charge < -0.3 is 15.5 Å². The topological polar surface area (TPSA) is 91.7 Å². The largest absolute Gasteiger partial charge is 0.338 e. The summed E-state index contributed by atoms with van der Waals surface area (Å²) in [5.41, 5.74) is 3.50. The van der Waals surface area contributed by atoms with Gasteiger partial charge in [-0.25, -0.2) is 4.79 Å². The van der Waals surface area contributed by atoms with E-state index in [0.29, 0.717) is 11.4 Å². The van der Waals surface area contributed by atoms with Crippen LogP contribution in [-0.2, 0) is 9.59 Å². The average Bonchev–Trinajstić information content (AvgIpc) is 2.65. The maximum absolute atomic E-state index is 12.8. The van der Waals surface area contributed by atoms with Gasteiger partial charge in [-0.2, -0.15) is 0 Å². The molecular weight excluding hydrogens is 368 g/mol. The number of rotatable bonds is 7. The van der Waals surface area contributed by atoms with E-state index in [2.05, 4.69) is 16.0 Å². The number of aryl methyl sites for hydroxylation is 2. The molecule has 1 unspecified atom stereocenters. The Morgan fingerprint density at radius 1 is 1.03 bits per heavy atom. The van der Waals surface area contributed by atoms with E-state index in [1.54, 1.807) is 14.0 Å². The molecule has 2 aromatic rings. The van der Waals surface area contributed by atoms with Crippen molar-refractivity contribution in [2.45, 2.75) is 26.8 Å². The Kier molecular flexibility index (Phi) is 7.91. The second-order valence-corrected chi connectivity index (χ2v) is 7.08. The molecule has 0 radical (unpaired) electrons. The van der Waals surface area contributed by atoms with E-state index in [4.69, 9.17) is 0 Å². The standard InChI is InChI=1S/C22H28N4O3/c1-5-23-22(29)25-21(28)20(17-9-7-6-8-10-17)26(4)14-19(27)24-18-13-15(2)11-12-16(18)3/h6-13,20H,5,14H2,1-4H3,(H,24,27)(H2,23,25,28,29)/p+1/t20-/m0/s1. The average molecular weight is 397 g/mol. The number of hydrogen-bond acceptors (Lipinski definition) is 3. The molecule has 0 fully saturated rings. The fourth-order valence-corrected chi connectivity index (χ4v) is 3.11. The van der Waals surface area contributed by atoms with E-state index < -0.39 is 18.0 Å². The molecule has 0 bridgehead atoms. The van der Waals surface area contributed by atoms with Gasteiger partial charge in [0.05, 0.1) is 7.05 Å². The molecule has 0 aliphatic rings. The monoisotopic (exact) mass is 397 g/mol. The summed E-state index contributed by atoms with van der Waals surface area (Å²) in [6.07, 6.45) is 0. The first-order chi connectivity index (χ1) is 13.8. The summed E-state index contributed by atoms with van der Waals surface area (Å²) in [7, 11) is 1.76. The van der Waals surface area contributed by atoms with Crippen LogP contribution in [0.15, 0.2) is 48.5 Å². The predicted octanol–water partition coefficient (Wildman–Crippen LogP) is 1.34. The van der Waals surface area contributed by atoms with Crippen LogP contribution in [0.4, 0.5) is 10.5 Å². The molecule has 2 aromatic carbocycles. The lowest BCUT2D eigenvalue weighted by Gasteiger charge is -2.24. The second kappa shape index (κ2) is 10.4. The van der Waals surface area contributed by atoms with Crippen LogP contribution in [0.5, 0.6) is 0 Å². The van der Waals surface area contributed by atoms with Crippen molar-refractivity contribution in [3.63, 3.8) is 0 Å². The highest BCUT2D eigenvalue weighted by Crippen LogP contribution is 2.16. The van der Waals surface area contributed by atoms with Crippen LogP contribution >= 0.6 is 0 Å². The summed E-state index contributed by atoms with van der Waals surface area (Å²) in [5.74, 6) is -0.665. The Morgan fingerprint density at radius 2 is 1.72 bits per heavy atom. The van der Waals surface area contributed by atoms with Gasteiger partial charge in [-0.3, -0.25) is 14.9 Å². The molecule has 0 saturated carbocycles. The van der Waals surface area contributed by atoms with Gasteiger partial charge in [-0.15, -0.1) is 0 Å². The zero-order valence-corrected chi connectivity index (χ0v) is 17.3. The van der Waals surface area contributed by atoms with Crippen LogP contribution in [0.2, 0.25) is 0 Å². The fourth-order valence-electron chi connectivity index (χ4n) is 3.11. The number of carbonyl (C=O) groups excluding carboxylic acids is 3. The summed E-state index contributed by atoms with van der Waals surface area (Å²) < 4.78 is 0. The molecule has 2 atom stereocenters. The van der Waals surface area contributed by atoms with Crippen molar-refractivity contribution in [1.29, 1.82) is 0 Å². The molecule has 0 aromatic heterocycles. The van der Waals surface area contributed by atoms with Crippen LogP contribution in [0.1, 0.15) is 29.7 Å². The van der Waals surface area contributed by atoms with Crippen molar-refractivity contribution in [3.8, 4) is 0 Å². The first-order valence-electron chi connectivity index (χ1n) is 9.64. The van der Waals surface area contributed by atoms with Crippen LogP contribution < -0.4 is 20.9 Å². The van der Waals surface area contributed by atoms with Crippen molar-refractivity contribution < 1.29 is 19.3 Å². The minimum absolute atomic E-state index is 0.0652. The van der Waals surface area contributed by atoms with Crippen LogP contribution in [0.3, 0.4) is 0 Å². The number of urea groups is 1. The summed E-state index contributed by atoms with van der Waals surface area (Å²) in [5, 5.41) is 7.82. The van der Waals surface area contributed by atoms with Gasteiger partial charge in [0.15, 0.2) is 12.6 Å². The summed E-state index contributed by atoms with van der Waals surface area (Å²) in [6.45, 7) is 6.14. The lowest BCUT2D eigenvalue weighted by Crippen LogP contribution is -3.11. The molecule has 4 amide bonds. The van der Waals surface area contributed by atoms with Gasteiger partial charge in [-0.1, -0.05) is 42.5 Å². The maximum atomic E-state index is 12.8. The third-order valence-electron chi connectivity index (χ3n) is 4.57. The number of amides is 4. The third-order valence-corrected chi connectivity index (χ3v) is 4.57. The van der Waals surface area contributed by atoms with Crippen molar-refractivity contribution >= 4 is 23.5 Å². The number of hydrogen-bond donors (Lipinski definition) is 4. The molecule has 2 rings (SSSR count). The first kappa shape index (κ1) is 22.1. The summed E-state index contributed by atoms with van der Waals surface area (Å²) in [4.78, 5) is 37.9. The number of likely N-dealkylation sites (N-methyl/N-ethyl adjacent to an activating group) is 1. The molecule has 0 aliphatic carbocycles. The predicted molar refractivity (Wildman–Crippen MR) is 113 cm³/mol. The highest BCUT2D eigenvalue weighted by Gasteiger charge is 2.31. The van der Waals surface area contributed by atoms with Crippen LogP contribution in [-0.4, -0.2) is 38.0 Å². The molecule has 4 N–H and O–H groups in total. The van der Waals surface area contributed by atoms with Crippen LogP contribution in [0, 0.1) is 13.8 Å². The Hall–Kier alpha value is -3.19. The minimum atomic E-state index is -0.705. The van der Waals surface area contributed by atoms with E-state index in [0.717, 1.165) is 22.4 Å². The van der Waals surface area contributed by atoms with E-state index in [9.17, 15) is 14.4 Å². The Bertz CT molecular complexity index is 868. The zero-order valence-electron chi connectivity index (χ0n) is 17.3. The van der Waals surface area contributed by atoms with Gasteiger partial charge in [0.25, 0.3) is 11.8 Å². The Labute approximate surface area is 171 Å². The molecule has 0 aliphatic heterocycles. The van der Waals surface area contributed by atoms with E-state index >= 15 is 0 Å². The quantitative estimate of drug-likeness (QED) is 0.568. The lowest BCUT2D eigenvalue weighted by molar-refractivity contribution is -0.894. The SMILES string of the molecule is CCNC(=O)NC(=O)[C@H](c1ccccc1)[NH+](C)CC(=O)Nc1cc(C)ccc1C. The van der Waals surface area contributed by atoms with Gasteiger partial charge in [0.1, 0.15) is 0 Å². The molecule has 0 heterocycles. The number of quaternary nitrogens is 1. The molecule has 29 heavy (non-hydrogen) atoms. The molecule has 0 saturated heterocycles. The van der Waals surface area contributed by atoms with Gasteiger partial charge in [0.2, 0.25) is 0 Å². The highest BCUT2D eigenvalue weighted by molar-refractivity contribution is 5.97. The summed E-state index contributed by atoms with van der Waals surface area (Å²) in [6, 6.07) is 13.7. The molecule has 154 valence electrons. The lowest BCUT2D eigenvalue weighted by atomic mass is 10.0. The number of benzene rings is 2. The minimum Gasteiger partial charge on any atom is -0.338 e. The van der Waals surface area contributed by atoms with Gasteiger partial charge in [-0.05, 0) is 38.0 Å². The number of nitrogens with one attached hydrogen (secondary N) is 4. The first-order valence-corrected chi connectivity index (χ1v) is 9.64. The molecule has 7 nitrogen and oxygen atoms in total. The smallest absolute Gasteiger partial charge is 0.321 e. The van der Waals surface area contributed by atoms with Crippen molar-refractivity contribution in [2.75, 3.05) is 25.5 Å². The number of anilines is 1. The normalized spacial score (nSPS) is 12.6. The van der Waals surface area contributed by atoms with Gasteiger partial charge >= 0.3 is 6.03 Å². The molecule has 7 heteroatoms. The van der Waals surface area contributed by atoms with Crippen molar-refractivity contribution in [3.05, 3.63) is 65.2 Å². The number of imide groups is 1. The van der Waals surface area contributed by atoms with Crippen molar-refractivity contribution in [2.24, 2.45) is 0 Å². The maximum Gasteiger partial charge on any atom is 0.321 e. The van der Waals surface area contributed by atoms with E-state index in [1.807, 2.05) is 62.4 Å². The van der Waals surface area contributed by atoms with Crippen LogP contribution in [0.25, 0.3) is 0 Å². The summed E-state index contributed by atoms with van der Waals surface area (Å²) >= 11 is 0. The zero-order chi connectivity index (χ0) is 21.4. The Morgan fingerprint density at radius 3 is 2.38 bits per heavy atom. The molecule has 0 spiro atoms. The molecular formula is C22H29N4O3+. The third kappa shape index (κ3) is 6.43. The van der Waals surface area contributed by atoms with E-state index in [1.165, 1.54) is 0 Å². The second-order valence-electron chi connectivity index (χ2n) is 7.08. The fraction of sp³-hybridized carbons (Fsp3) is 0.318. The highest BCUT2D eigenvalue weighted by atomic mass is 16.2.